The molecule has 1 aliphatic heterocycles. The monoisotopic (exact) mass is 445 g/mol. The molecule has 0 bridgehead atoms. The number of likely N-dealkylation sites (N-methyl/N-ethyl adjacent to an activating group) is 1. The predicted molar refractivity (Wildman–Crippen MR) is 134 cm³/mol. The minimum atomic E-state index is -0.279. The van der Waals surface area contributed by atoms with Crippen molar-refractivity contribution in [1.82, 2.24) is 20.2 Å². The predicted octanol–water partition coefficient (Wildman–Crippen LogP) is 4.35. The van der Waals surface area contributed by atoms with Gasteiger partial charge in [-0.25, -0.2) is 9.78 Å². The van der Waals surface area contributed by atoms with Crippen molar-refractivity contribution in [3.8, 4) is 0 Å². The fourth-order valence-electron chi connectivity index (χ4n) is 3.47. The van der Waals surface area contributed by atoms with E-state index < -0.39 is 0 Å². The van der Waals surface area contributed by atoms with Crippen molar-refractivity contribution in [2.45, 2.75) is 26.3 Å². The van der Waals surface area contributed by atoms with E-state index in [0.29, 0.717) is 17.1 Å². The van der Waals surface area contributed by atoms with Crippen molar-refractivity contribution in [2.24, 2.45) is 0 Å². The summed E-state index contributed by atoms with van der Waals surface area (Å²) in [6.45, 7) is 5.82. The van der Waals surface area contributed by atoms with Gasteiger partial charge in [0.15, 0.2) is 0 Å². The summed E-state index contributed by atoms with van der Waals surface area (Å²) in [5, 5.41) is 16.5. The highest BCUT2D eigenvalue weighted by Crippen LogP contribution is 2.21. The summed E-state index contributed by atoms with van der Waals surface area (Å²) in [5.74, 6) is 0.406. The lowest BCUT2D eigenvalue weighted by Crippen LogP contribution is -2.39. The Kier molecular flexibility index (Phi) is 8.49. The first kappa shape index (κ1) is 23.9. The molecule has 3 aromatic rings. The average molecular weight is 446 g/mol. The minimum Gasteiger partial charge on any atom is -0.354 e. The van der Waals surface area contributed by atoms with E-state index in [9.17, 15) is 4.79 Å². The molecule has 4 rings (SSSR count). The van der Waals surface area contributed by atoms with E-state index in [1.165, 1.54) is 11.8 Å². The third-order valence-electron chi connectivity index (χ3n) is 5.18. The molecule has 0 aliphatic carbocycles. The van der Waals surface area contributed by atoms with Gasteiger partial charge in [-0.05, 0) is 52.1 Å². The van der Waals surface area contributed by atoms with Crippen LogP contribution in [0.1, 0.15) is 23.2 Å². The zero-order valence-electron chi connectivity index (χ0n) is 19.3. The fourth-order valence-corrected chi connectivity index (χ4v) is 3.47. The Hall–Kier alpha value is -3.78. The molecular weight excluding hydrogens is 414 g/mol. The Morgan fingerprint density at radius 2 is 1.94 bits per heavy atom. The van der Waals surface area contributed by atoms with E-state index in [2.05, 4.69) is 49.9 Å². The highest BCUT2D eigenvalue weighted by molar-refractivity contribution is 5.92. The lowest BCUT2D eigenvalue weighted by atomic mass is 10.2. The van der Waals surface area contributed by atoms with E-state index in [1.54, 1.807) is 18.5 Å². The molecule has 1 fully saturated rings. The molecule has 1 atom stereocenters. The van der Waals surface area contributed by atoms with Crippen molar-refractivity contribution in [1.29, 1.82) is 5.41 Å². The quantitative estimate of drug-likeness (QED) is 0.437. The first-order valence-corrected chi connectivity index (χ1v) is 10.9. The largest absolute Gasteiger partial charge is 0.354 e. The van der Waals surface area contributed by atoms with Gasteiger partial charge in [-0.15, -0.1) is 0 Å². The molecule has 1 aromatic carbocycles. The van der Waals surface area contributed by atoms with E-state index in [-0.39, 0.29) is 12.1 Å². The van der Waals surface area contributed by atoms with Gasteiger partial charge in [-0.1, -0.05) is 35.9 Å². The van der Waals surface area contributed by atoms with E-state index in [0.717, 1.165) is 30.9 Å². The second-order valence-corrected chi connectivity index (χ2v) is 8.11. The molecule has 2 amide bonds. The summed E-state index contributed by atoms with van der Waals surface area (Å²) in [6.07, 6.45) is 5.50. The SMILES string of the molecule is Cc1cc(Nc2cnc(NC(=O)NC3CCN(C)C3)cc2C=N)ccn1.Cc1ccccc1. The van der Waals surface area contributed by atoms with Crippen LogP contribution in [-0.4, -0.2) is 53.3 Å². The molecular formula is C25H31N7O. The number of nitrogens with zero attached hydrogens (tertiary/aromatic N) is 3. The lowest BCUT2D eigenvalue weighted by molar-refractivity contribution is 0.248. The Morgan fingerprint density at radius 3 is 2.55 bits per heavy atom. The Morgan fingerprint density at radius 1 is 1.15 bits per heavy atom. The van der Waals surface area contributed by atoms with Gasteiger partial charge >= 0.3 is 6.03 Å². The molecule has 2 aromatic heterocycles. The standard InChI is InChI=1S/C18H23N7O.C7H8/c1-12-7-14(3-5-20-12)22-16-10-21-17(8-13(16)9-19)24-18(26)23-15-4-6-25(2)11-15;1-7-5-3-2-4-6-7/h3,5,7-10,15,19H,4,6,11H2,1-2H3,(H,20,22)(H2,21,23,24,26);2-6H,1H3. The summed E-state index contributed by atoms with van der Waals surface area (Å²) < 4.78 is 0. The lowest BCUT2D eigenvalue weighted by Gasteiger charge is -2.14. The van der Waals surface area contributed by atoms with Gasteiger partial charge in [0, 0.05) is 41.9 Å². The number of anilines is 3. The minimum absolute atomic E-state index is 0.151. The topological polar surface area (TPSA) is 106 Å². The number of nitrogens with one attached hydrogen (secondary N) is 4. The molecule has 4 N–H and O–H groups in total. The van der Waals surface area contributed by atoms with Gasteiger partial charge in [0.25, 0.3) is 0 Å². The molecule has 3 heterocycles. The Labute approximate surface area is 195 Å². The van der Waals surface area contributed by atoms with Gasteiger partial charge in [0.1, 0.15) is 5.82 Å². The maximum absolute atomic E-state index is 12.1. The first-order valence-electron chi connectivity index (χ1n) is 10.9. The number of urea groups is 1. The van der Waals surface area contributed by atoms with Crippen LogP contribution in [0.15, 0.2) is 60.9 Å². The number of hydrogen-bond donors (Lipinski definition) is 4. The van der Waals surface area contributed by atoms with Crippen LogP contribution in [-0.2, 0) is 0 Å². The maximum Gasteiger partial charge on any atom is 0.320 e. The van der Waals surface area contributed by atoms with Crippen LogP contribution in [0.4, 0.5) is 22.0 Å². The van der Waals surface area contributed by atoms with Gasteiger partial charge in [0.2, 0.25) is 0 Å². The van der Waals surface area contributed by atoms with E-state index >= 15 is 0 Å². The third kappa shape index (κ3) is 7.69. The number of amides is 2. The second kappa shape index (κ2) is 11.7. The average Bonchev–Trinajstić information content (AvgIpc) is 3.20. The normalized spacial score (nSPS) is 15.2. The van der Waals surface area contributed by atoms with Crippen molar-refractivity contribution < 1.29 is 4.79 Å². The van der Waals surface area contributed by atoms with Crippen LogP contribution in [0.25, 0.3) is 0 Å². The molecule has 0 spiro atoms. The van der Waals surface area contributed by atoms with Crippen LogP contribution >= 0.6 is 0 Å². The van der Waals surface area contributed by atoms with Gasteiger partial charge in [0.05, 0.1) is 11.9 Å². The summed E-state index contributed by atoms with van der Waals surface area (Å²) in [7, 11) is 2.04. The fraction of sp³-hybridized carbons (Fsp3) is 0.280. The molecule has 8 nitrogen and oxygen atoms in total. The van der Waals surface area contributed by atoms with Crippen molar-refractivity contribution in [3.63, 3.8) is 0 Å². The van der Waals surface area contributed by atoms with Crippen LogP contribution < -0.4 is 16.0 Å². The first-order chi connectivity index (χ1) is 15.9. The number of likely N-dealkylation sites (tertiary alicyclic amines) is 1. The van der Waals surface area contributed by atoms with Crippen LogP contribution in [0.3, 0.4) is 0 Å². The summed E-state index contributed by atoms with van der Waals surface area (Å²) in [6, 6.07) is 15.6. The number of aromatic nitrogens is 2. The Balaban J connectivity index is 0.000000374. The number of aryl methyl sites for hydroxylation is 2. The van der Waals surface area contributed by atoms with E-state index in [1.807, 2.05) is 44.3 Å². The number of benzene rings is 1. The highest BCUT2D eigenvalue weighted by Gasteiger charge is 2.21. The Bertz CT molecular complexity index is 1070. The molecule has 1 saturated heterocycles. The van der Waals surface area contributed by atoms with Crippen LogP contribution in [0, 0.1) is 19.3 Å². The van der Waals surface area contributed by atoms with Crippen molar-refractivity contribution in [2.75, 3.05) is 30.8 Å². The maximum atomic E-state index is 12.1. The number of carbonyl (C=O) groups excluding carboxylic acids is 1. The van der Waals surface area contributed by atoms with Crippen molar-refractivity contribution in [3.05, 3.63) is 77.7 Å². The number of hydrogen-bond acceptors (Lipinski definition) is 6. The smallest absolute Gasteiger partial charge is 0.320 e. The molecule has 8 heteroatoms. The van der Waals surface area contributed by atoms with Crippen LogP contribution in [0.2, 0.25) is 0 Å². The van der Waals surface area contributed by atoms with Crippen molar-refractivity contribution >= 4 is 29.4 Å². The number of pyridine rings is 2. The second-order valence-electron chi connectivity index (χ2n) is 8.11. The molecule has 1 unspecified atom stereocenters. The number of carbonyl (C=O) groups is 1. The van der Waals surface area contributed by atoms with Gasteiger partial charge in [-0.3, -0.25) is 10.3 Å². The molecule has 33 heavy (non-hydrogen) atoms. The van der Waals surface area contributed by atoms with Crippen LogP contribution in [0.5, 0.6) is 0 Å². The highest BCUT2D eigenvalue weighted by atomic mass is 16.2. The number of rotatable bonds is 5. The summed E-state index contributed by atoms with van der Waals surface area (Å²) in [4.78, 5) is 22.7. The molecule has 172 valence electrons. The zero-order valence-corrected chi connectivity index (χ0v) is 19.3. The third-order valence-corrected chi connectivity index (χ3v) is 5.18. The molecule has 0 radical (unpaired) electrons. The zero-order chi connectivity index (χ0) is 23.6. The van der Waals surface area contributed by atoms with E-state index in [4.69, 9.17) is 5.41 Å². The summed E-state index contributed by atoms with van der Waals surface area (Å²) in [5.41, 5.74) is 4.40. The van der Waals surface area contributed by atoms with Gasteiger partial charge < -0.3 is 20.9 Å². The molecule has 0 saturated carbocycles. The summed E-state index contributed by atoms with van der Waals surface area (Å²) >= 11 is 0. The van der Waals surface area contributed by atoms with Gasteiger partial charge in [-0.2, -0.15) is 0 Å². The molecule has 1 aliphatic rings.